The molecule has 2 rings (SSSR count). The lowest BCUT2D eigenvalue weighted by molar-refractivity contribution is -0.0152. The van der Waals surface area contributed by atoms with Crippen LogP contribution >= 0.6 is 0 Å². The van der Waals surface area contributed by atoms with Crippen LogP contribution in [-0.2, 0) is 9.47 Å². The maximum atomic E-state index is 6.04. The van der Waals surface area contributed by atoms with Gasteiger partial charge in [0, 0.05) is 25.7 Å². The summed E-state index contributed by atoms with van der Waals surface area (Å²) >= 11 is 0. The average molecular weight is 228 g/mol. The van der Waals surface area contributed by atoms with Gasteiger partial charge in [0.2, 0.25) is 0 Å². The Morgan fingerprint density at radius 3 is 2.69 bits per heavy atom. The molecule has 1 saturated carbocycles. The fraction of sp³-hybridized carbons (Fsp3) is 1.00. The minimum absolute atomic E-state index is 0.262. The Hall–Kier alpha value is -0.160. The molecule has 2 atom stereocenters. The van der Waals surface area contributed by atoms with E-state index in [1.54, 1.807) is 0 Å². The van der Waals surface area contributed by atoms with Crippen molar-refractivity contribution < 1.29 is 9.47 Å². The normalized spacial score (nSPS) is 32.8. The minimum Gasteiger partial charge on any atom is -0.379 e. The zero-order valence-electron chi connectivity index (χ0n) is 10.1. The van der Waals surface area contributed by atoms with Crippen LogP contribution in [0.3, 0.4) is 0 Å². The Morgan fingerprint density at radius 2 is 1.94 bits per heavy atom. The van der Waals surface area contributed by atoms with Gasteiger partial charge in [0.25, 0.3) is 0 Å². The molecule has 94 valence electrons. The van der Waals surface area contributed by atoms with Gasteiger partial charge >= 0.3 is 0 Å². The predicted molar refractivity (Wildman–Crippen MR) is 63.4 cm³/mol. The standard InChI is InChI=1S/C12H24N2O2/c13-11-3-1-2-4-12(11)16-10-7-14-5-8-15-9-6-14/h11-12H,1-10,13H2. The molecular formula is C12H24N2O2. The number of ether oxygens (including phenoxy) is 2. The SMILES string of the molecule is NC1CCCCC1OCCN1CCOCC1. The molecule has 4 heteroatoms. The van der Waals surface area contributed by atoms with E-state index in [0.717, 1.165) is 52.3 Å². The Kier molecular flexibility index (Phi) is 5.03. The third kappa shape index (κ3) is 3.70. The van der Waals surface area contributed by atoms with Crippen LogP contribution < -0.4 is 5.73 Å². The topological polar surface area (TPSA) is 47.7 Å². The zero-order chi connectivity index (χ0) is 11.2. The molecule has 0 aromatic heterocycles. The number of nitrogens with two attached hydrogens (primary N) is 1. The van der Waals surface area contributed by atoms with Crippen LogP contribution in [0.4, 0.5) is 0 Å². The molecule has 1 aliphatic carbocycles. The summed E-state index contributed by atoms with van der Waals surface area (Å²) in [4.78, 5) is 2.40. The number of nitrogens with zero attached hydrogens (tertiary/aromatic N) is 1. The van der Waals surface area contributed by atoms with E-state index in [-0.39, 0.29) is 6.04 Å². The van der Waals surface area contributed by atoms with Crippen molar-refractivity contribution in [2.75, 3.05) is 39.5 Å². The van der Waals surface area contributed by atoms with Gasteiger partial charge in [-0.1, -0.05) is 12.8 Å². The highest BCUT2D eigenvalue weighted by atomic mass is 16.5. The Morgan fingerprint density at radius 1 is 1.19 bits per heavy atom. The second-order valence-electron chi connectivity index (χ2n) is 4.81. The van der Waals surface area contributed by atoms with Crippen LogP contribution in [-0.4, -0.2) is 56.5 Å². The second kappa shape index (κ2) is 6.55. The van der Waals surface area contributed by atoms with E-state index in [4.69, 9.17) is 15.2 Å². The summed E-state index contributed by atoms with van der Waals surface area (Å²) < 4.78 is 11.2. The van der Waals surface area contributed by atoms with Gasteiger partial charge in [0.15, 0.2) is 0 Å². The van der Waals surface area contributed by atoms with Crippen molar-refractivity contribution in [3.8, 4) is 0 Å². The van der Waals surface area contributed by atoms with Gasteiger partial charge in [-0.3, -0.25) is 4.90 Å². The van der Waals surface area contributed by atoms with Crippen molar-refractivity contribution in [1.82, 2.24) is 4.90 Å². The largest absolute Gasteiger partial charge is 0.379 e. The van der Waals surface area contributed by atoms with Gasteiger partial charge in [-0.15, -0.1) is 0 Å². The molecule has 2 N–H and O–H groups in total. The van der Waals surface area contributed by atoms with Crippen molar-refractivity contribution in [2.45, 2.75) is 37.8 Å². The van der Waals surface area contributed by atoms with Crippen LogP contribution in [0.2, 0.25) is 0 Å². The first-order valence-corrected chi connectivity index (χ1v) is 6.53. The monoisotopic (exact) mass is 228 g/mol. The molecular weight excluding hydrogens is 204 g/mol. The molecule has 16 heavy (non-hydrogen) atoms. The molecule has 1 heterocycles. The predicted octanol–water partition coefficient (Wildman–Crippen LogP) is 0.605. The lowest BCUT2D eigenvalue weighted by Crippen LogP contribution is -2.42. The van der Waals surface area contributed by atoms with Crippen molar-refractivity contribution >= 4 is 0 Å². The van der Waals surface area contributed by atoms with Crippen molar-refractivity contribution in [2.24, 2.45) is 5.73 Å². The van der Waals surface area contributed by atoms with E-state index in [9.17, 15) is 0 Å². The number of rotatable bonds is 4. The highest BCUT2D eigenvalue weighted by molar-refractivity contribution is 4.78. The third-order valence-corrected chi connectivity index (χ3v) is 3.60. The first kappa shape index (κ1) is 12.3. The lowest BCUT2D eigenvalue weighted by atomic mass is 9.93. The molecule has 0 aromatic carbocycles. The van der Waals surface area contributed by atoms with E-state index >= 15 is 0 Å². The van der Waals surface area contributed by atoms with Gasteiger partial charge in [-0.2, -0.15) is 0 Å². The van der Waals surface area contributed by atoms with Crippen molar-refractivity contribution in [3.63, 3.8) is 0 Å². The highest BCUT2D eigenvalue weighted by Gasteiger charge is 2.22. The summed E-state index contributed by atoms with van der Waals surface area (Å²) in [5, 5.41) is 0. The molecule has 0 bridgehead atoms. The second-order valence-corrected chi connectivity index (χ2v) is 4.81. The number of morpholine rings is 1. The van der Waals surface area contributed by atoms with E-state index in [0.29, 0.717) is 6.10 Å². The quantitative estimate of drug-likeness (QED) is 0.765. The molecule has 0 aromatic rings. The summed E-state index contributed by atoms with van der Waals surface area (Å²) in [6.45, 7) is 5.65. The van der Waals surface area contributed by atoms with Crippen LogP contribution in [0.1, 0.15) is 25.7 Å². The van der Waals surface area contributed by atoms with E-state index in [1.807, 2.05) is 0 Å². The van der Waals surface area contributed by atoms with Gasteiger partial charge < -0.3 is 15.2 Å². The summed E-state index contributed by atoms with van der Waals surface area (Å²) in [5.41, 5.74) is 6.04. The highest BCUT2D eigenvalue weighted by Crippen LogP contribution is 2.19. The number of hydrogen-bond donors (Lipinski definition) is 1. The Labute approximate surface area is 98.1 Å². The molecule has 4 nitrogen and oxygen atoms in total. The third-order valence-electron chi connectivity index (χ3n) is 3.60. The number of hydrogen-bond acceptors (Lipinski definition) is 4. The van der Waals surface area contributed by atoms with Crippen molar-refractivity contribution in [1.29, 1.82) is 0 Å². The van der Waals surface area contributed by atoms with E-state index in [1.165, 1.54) is 12.8 Å². The van der Waals surface area contributed by atoms with Crippen LogP contribution in [0.25, 0.3) is 0 Å². The first-order valence-electron chi connectivity index (χ1n) is 6.53. The van der Waals surface area contributed by atoms with E-state index < -0.39 is 0 Å². The molecule has 0 spiro atoms. The van der Waals surface area contributed by atoms with Crippen LogP contribution in [0, 0.1) is 0 Å². The summed E-state index contributed by atoms with van der Waals surface area (Å²) in [6.07, 6.45) is 5.11. The smallest absolute Gasteiger partial charge is 0.0726 e. The molecule has 0 amide bonds. The van der Waals surface area contributed by atoms with Crippen LogP contribution in [0.5, 0.6) is 0 Å². The maximum Gasteiger partial charge on any atom is 0.0726 e. The summed E-state index contributed by atoms with van der Waals surface area (Å²) in [6, 6.07) is 0.262. The maximum absolute atomic E-state index is 6.04. The molecule has 1 aliphatic heterocycles. The molecule has 2 aliphatic rings. The first-order chi connectivity index (χ1) is 7.86. The molecule has 0 radical (unpaired) electrons. The van der Waals surface area contributed by atoms with Crippen molar-refractivity contribution in [3.05, 3.63) is 0 Å². The molecule has 1 saturated heterocycles. The Balaban J connectivity index is 1.59. The van der Waals surface area contributed by atoms with Gasteiger partial charge in [0.1, 0.15) is 0 Å². The summed E-state index contributed by atoms with van der Waals surface area (Å²) in [7, 11) is 0. The zero-order valence-corrected chi connectivity index (χ0v) is 10.1. The molecule has 2 fully saturated rings. The van der Waals surface area contributed by atoms with Gasteiger partial charge in [0.05, 0.1) is 25.9 Å². The van der Waals surface area contributed by atoms with Gasteiger partial charge in [-0.05, 0) is 12.8 Å². The van der Waals surface area contributed by atoms with E-state index in [2.05, 4.69) is 4.90 Å². The fourth-order valence-corrected chi connectivity index (χ4v) is 2.49. The average Bonchev–Trinajstić information content (AvgIpc) is 2.33. The van der Waals surface area contributed by atoms with Crippen LogP contribution in [0.15, 0.2) is 0 Å². The molecule has 2 unspecified atom stereocenters. The Bertz CT molecular complexity index is 195. The fourth-order valence-electron chi connectivity index (χ4n) is 2.49. The summed E-state index contributed by atoms with van der Waals surface area (Å²) in [5.74, 6) is 0. The lowest BCUT2D eigenvalue weighted by Gasteiger charge is -2.31. The minimum atomic E-state index is 0.262. The van der Waals surface area contributed by atoms with Gasteiger partial charge in [-0.25, -0.2) is 0 Å².